The molecule has 41 heavy (non-hydrogen) atoms. The number of rotatable bonds is 10. The van der Waals surface area contributed by atoms with Gasteiger partial charge in [0.1, 0.15) is 35.8 Å². The van der Waals surface area contributed by atoms with Crippen LogP contribution < -0.4 is 5.32 Å². The molecule has 1 N–H and O–H groups in total. The summed E-state index contributed by atoms with van der Waals surface area (Å²) in [6, 6.07) is 18.4. The van der Waals surface area contributed by atoms with Crippen molar-refractivity contribution in [2.45, 2.75) is 25.7 Å². The molecule has 0 aliphatic rings. The van der Waals surface area contributed by atoms with Gasteiger partial charge in [-0.2, -0.15) is 4.80 Å². The standard InChI is InChI=1S/C29H23F3N6O3/c30-22-9-3-19(4-10-22)16-33-29(40)27(20-5-11-23(31)12-6-20)37(17-25-2-1-15-41-25)26(39)18-38-35-28(34-36-38)21-7-13-24(32)14-8-21/h1-15,27H,16-18H2,(H,33,40). The number of carbonyl (C=O) groups excluding carboxylic acids is 2. The van der Waals surface area contributed by atoms with Crippen molar-refractivity contribution in [1.82, 2.24) is 30.4 Å². The minimum Gasteiger partial charge on any atom is -0.467 e. The van der Waals surface area contributed by atoms with E-state index in [9.17, 15) is 22.8 Å². The van der Waals surface area contributed by atoms with Crippen molar-refractivity contribution in [2.75, 3.05) is 0 Å². The van der Waals surface area contributed by atoms with Crippen LogP contribution in [-0.2, 0) is 29.2 Å². The van der Waals surface area contributed by atoms with E-state index in [0.717, 1.165) is 4.80 Å². The van der Waals surface area contributed by atoms with E-state index >= 15 is 0 Å². The van der Waals surface area contributed by atoms with Crippen LogP contribution in [-0.4, -0.2) is 36.9 Å². The Bertz CT molecular complexity index is 1610. The summed E-state index contributed by atoms with van der Waals surface area (Å²) >= 11 is 0. The van der Waals surface area contributed by atoms with Gasteiger partial charge < -0.3 is 14.6 Å². The fraction of sp³-hybridized carbons (Fsp3) is 0.138. The summed E-state index contributed by atoms with van der Waals surface area (Å²) in [5, 5.41) is 14.9. The van der Waals surface area contributed by atoms with Gasteiger partial charge in [0.15, 0.2) is 0 Å². The van der Waals surface area contributed by atoms with Crippen LogP contribution in [0.2, 0.25) is 0 Å². The van der Waals surface area contributed by atoms with Crippen molar-refractivity contribution in [1.29, 1.82) is 0 Å². The zero-order chi connectivity index (χ0) is 28.8. The lowest BCUT2D eigenvalue weighted by Crippen LogP contribution is -2.44. The van der Waals surface area contributed by atoms with Gasteiger partial charge in [0.2, 0.25) is 17.6 Å². The lowest BCUT2D eigenvalue weighted by Gasteiger charge is -2.30. The minimum absolute atomic E-state index is 0.0608. The number of halogens is 3. The van der Waals surface area contributed by atoms with E-state index < -0.39 is 41.9 Å². The van der Waals surface area contributed by atoms with E-state index in [2.05, 4.69) is 20.7 Å². The molecule has 0 aliphatic heterocycles. The first-order valence-electron chi connectivity index (χ1n) is 12.5. The highest BCUT2D eigenvalue weighted by Gasteiger charge is 2.33. The molecular weight excluding hydrogens is 537 g/mol. The Kier molecular flexibility index (Phi) is 8.18. The van der Waals surface area contributed by atoms with Crippen LogP contribution in [0.15, 0.2) is 95.6 Å². The number of tetrazole rings is 1. The number of benzene rings is 3. The molecule has 0 saturated carbocycles. The molecule has 0 bridgehead atoms. The highest BCUT2D eigenvalue weighted by molar-refractivity contribution is 5.88. The van der Waals surface area contributed by atoms with Crippen molar-refractivity contribution >= 4 is 11.8 Å². The summed E-state index contributed by atoms with van der Waals surface area (Å²) in [7, 11) is 0. The molecule has 9 nitrogen and oxygen atoms in total. The van der Waals surface area contributed by atoms with E-state index in [-0.39, 0.29) is 18.9 Å². The summed E-state index contributed by atoms with van der Waals surface area (Å²) in [6.45, 7) is -0.430. The van der Waals surface area contributed by atoms with Gasteiger partial charge in [-0.3, -0.25) is 9.59 Å². The second kappa shape index (κ2) is 12.3. The van der Waals surface area contributed by atoms with Gasteiger partial charge in [-0.15, -0.1) is 10.2 Å². The number of hydrogen-bond donors (Lipinski definition) is 1. The first-order valence-corrected chi connectivity index (χ1v) is 12.5. The molecule has 2 heterocycles. The lowest BCUT2D eigenvalue weighted by molar-refractivity contribution is -0.142. The Hall–Kier alpha value is -5.26. The average molecular weight is 561 g/mol. The molecule has 3 aromatic carbocycles. The fourth-order valence-electron chi connectivity index (χ4n) is 4.14. The van der Waals surface area contributed by atoms with Gasteiger partial charge >= 0.3 is 0 Å². The zero-order valence-electron chi connectivity index (χ0n) is 21.5. The van der Waals surface area contributed by atoms with Crippen LogP contribution in [0.25, 0.3) is 11.4 Å². The molecule has 0 fully saturated rings. The van der Waals surface area contributed by atoms with E-state index in [1.165, 1.54) is 84.0 Å². The normalized spacial score (nSPS) is 11.7. The van der Waals surface area contributed by atoms with Gasteiger partial charge in [-0.25, -0.2) is 13.2 Å². The number of furan rings is 1. The maximum absolute atomic E-state index is 13.8. The molecular formula is C29H23F3N6O3. The van der Waals surface area contributed by atoms with Gasteiger partial charge in [-0.05, 0) is 77.0 Å². The summed E-state index contributed by atoms with van der Waals surface area (Å²) < 4.78 is 45.9. The minimum atomic E-state index is -1.20. The van der Waals surface area contributed by atoms with Crippen molar-refractivity contribution < 1.29 is 27.2 Å². The van der Waals surface area contributed by atoms with Gasteiger partial charge in [-0.1, -0.05) is 24.3 Å². The second-order valence-corrected chi connectivity index (χ2v) is 9.05. The SMILES string of the molecule is O=C(NCc1ccc(F)cc1)C(c1ccc(F)cc1)N(Cc1ccco1)C(=O)Cn1nnc(-c2ccc(F)cc2)n1. The van der Waals surface area contributed by atoms with Crippen LogP contribution >= 0.6 is 0 Å². The Morgan fingerprint density at radius 3 is 2.15 bits per heavy atom. The monoisotopic (exact) mass is 560 g/mol. The fourth-order valence-corrected chi connectivity index (χ4v) is 4.14. The molecule has 1 atom stereocenters. The topological polar surface area (TPSA) is 106 Å². The summed E-state index contributed by atoms with van der Waals surface area (Å²) in [5.41, 5.74) is 1.49. The predicted octanol–water partition coefficient (Wildman–Crippen LogP) is 4.44. The van der Waals surface area contributed by atoms with Crippen molar-refractivity contribution in [3.8, 4) is 11.4 Å². The quantitative estimate of drug-likeness (QED) is 0.271. The maximum Gasteiger partial charge on any atom is 0.247 e. The van der Waals surface area contributed by atoms with Crippen LogP contribution in [0.1, 0.15) is 22.9 Å². The van der Waals surface area contributed by atoms with Gasteiger partial charge in [0.25, 0.3) is 0 Å². The van der Waals surface area contributed by atoms with Crippen LogP contribution in [0.5, 0.6) is 0 Å². The van der Waals surface area contributed by atoms with Gasteiger partial charge in [0.05, 0.1) is 12.8 Å². The number of nitrogens with zero attached hydrogens (tertiary/aromatic N) is 5. The van der Waals surface area contributed by atoms with Gasteiger partial charge in [0, 0.05) is 12.1 Å². The Morgan fingerprint density at radius 1 is 0.878 bits per heavy atom. The van der Waals surface area contributed by atoms with Crippen molar-refractivity contribution in [2.24, 2.45) is 0 Å². The highest BCUT2D eigenvalue weighted by Crippen LogP contribution is 2.25. The van der Waals surface area contributed by atoms with Crippen LogP contribution in [0, 0.1) is 17.5 Å². The molecule has 208 valence electrons. The number of carbonyl (C=O) groups is 2. The third kappa shape index (κ3) is 6.85. The number of amides is 2. The zero-order valence-corrected chi connectivity index (χ0v) is 21.5. The summed E-state index contributed by atoms with van der Waals surface area (Å²) in [6.07, 6.45) is 1.44. The van der Waals surface area contributed by atoms with Crippen molar-refractivity contribution in [3.63, 3.8) is 0 Å². The Labute approximate surface area is 232 Å². The van der Waals surface area contributed by atoms with E-state index in [1.807, 2.05) is 0 Å². The number of aromatic nitrogens is 4. The average Bonchev–Trinajstić information content (AvgIpc) is 3.66. The maximum atomic E-state index is 13.8. The molecule has 5 aromatic rings. The van der Waals surface area contributed by atoms with E-state index in [4.69, 9.17) is 4.42 Å². The molecule has 2 aromatic heterocycles. The molecule has 5 rings (SSSR count). The molecule has 0 radical (unpaired) electrons. The smallest absolute Gasteiger partial charge is 0.247 e. The third-order valence-corrected chi connectivity index (χ3v) is 6.18. The number of hydrogen-bond acceptors (Lipinski definition) is 6. The Balaban J connectivity index is 1.43. The molecule has 1 unspecified atom stereocenters. The predicted molar refractivity (Wildman–Crippen MR) is 140 cm³/mol. The first kappa shape index (κ1) is 27.3. The number of nitrogens with one attached hydrogen (secondary N) is 1. The third-order valence-electron chi connectivity index (χ3n) is 6.18. The lowest BCUT2D eigenvalue weighted by atomic mass is 10.0. The van der Waals surface area contributed by atoms with Crippen LogP contribution in [0.4, 0.5) is 13.2 Å². The summed E-state index contributed by atoms with van der Waals surface area (Å²) in [5.74, 6) is -1.88. The molecule has 12 heteroatoms. The van der Waals surface area contributed by atoms with Crippen molar-refractivity contribution in [3.05, 3.63) is 126 Å². The molecule has 0 spiro atoms. The summed E-state index contributed by atoms with van der Waals surface area (Å²) in [4.78, 5) is 29.7. The highest BCUT2D eigenvalue weighted by atomic mass is 19.1. The molecule has 2 amide bonds. The molecule has 0 aliphatic carbocycles. The largest absolute Gasteiger partial charge is 0.467 e. The van der Waals surface area contributed by atoms with E-state index in [0.29, 0.717) is 22.5 Å². The van der Waals surface area contributed by atoms with E-state index in [1.54, 1.807) is 12.1 Å². The molecule has 0 saturated heterocycles. The first-order chi connectivity index (χ1) is 19.9. The second-order valence-electron chi connectivity index (χ2n) is 9.05. The Morgan fingerprint density at radius 2 is 1.51 bits per heavy atom. The van der Waals surface area contributed by atoms with Crippen LogP contribution in [0.3, 0.4) is 0 Å².